The van der Waals surface area contributed by atoms with Gasteiger partial charge >= 0.3 is 5.97 Å². The molecule has 0 saturated heterocycles. The van der Waals surface area contributed by atoms with Crippen LogP contribution in [0.5, 0.6) is 0 Å². The van der Waals surface area contributed by atoms with Gasteiger partial charge in [-0.25, -0.2) is 4.79 Å². The van der Waals surface area contributed by atoms with Gasteiger partial charge in [-0.05, 0) is 52.9 Å². The third-order valence-corrected chi connectivity index (χ3v) is 3.08. The highest BCUT2D eigenvalue weighted by molar-refractivity contribution is 5.80. The lowest BCUT2D eigenvalue weighted by molar-refractivity contribution is -0.131. The summed E-state index contributed by atoms with van der Waals surface area (Å²) in [5, 5.41) is 8.61. The Morgan fingerprint density at radius 2 is 1.37 bits per heavy atom. The van der Waals surface area contributed by atoms with E-state index in [2.05, 4.69) is 32.9 Å². The lowest BCUT2D eigenvalue weighted by Gasteiger charge is -2.01. The third-order valence-electron chi connectivity index (χ3n) is 3.08. The lowest BCUT2D eigenvalue weighted by Crippen LogP contribution is -1.89. The van der Waals surface area contributed by atoms with E-state index in [0.717, 1.165) is 31.3 Å². The molecule has 0 fully saturated rings. The van der Waals surface area contributed by atoms with Gasteiger partial charge in [0.15, 0.2) is 0 Å². The van der Waals surface area contributed by atoms with Crippen LogP contribution in [-0.4, -0.2) is 11.1 Å². The molecule has 2 heteroatoms. The Morgan fingerprint density at radius 1 is 0.895 bits per heavy atom. The van der Waals surface area contributed by atoms with Gasteiger partial charge in [0.2, 0.25) is 0 Å². The number of rotatable bonds is 9. The third kappa shape index (κ3) is 11.5. The minimum absolute atomic E-state index is 0.828. The van der Waals surface area contributed by atoms with Gasteiger partial charge in [-0.2, -0.15) is 0 Å². The van der Waals surface area contributed by atoms with Gasteiger partial charge in [0.25, 0.3) is 0 Å². The van der Waals surface area contributed by atoms with Gasteiger partial charge in [0.1, 0.15) is 0 Å². The van der Waals surface area contributed by atoms with E-state index in [-0.39, 0.29) is 0 Å². The molecule has 0 aliphatic heterocycles. The van der Waals surface area contributed by atoms with Crippen molar-refractivity contribution in [3.8, 4) is 0 Å². The molecule has 108 valence electrons. The molecule has 0 rings (SSSR count). The average molecular weight is 264 g/mol. The Kier molecular flexibility index (Phi) is 9.87. The molecule has 0 aromatic heterocycles. The molecule has 0 spiro atoms. The van der Waals surface area contributed by atoms with Crippen molar-refractivity contribution in [3.63, 3.8) is 0 Å². The van der Waals surface area contributed by atoms with Crippen molar-refractivity contribution in [2.24, 2.45) is 0 Å². The van der Waals surface area contributed by atoms with E-state index in [4.69, 9.17) is 5.11 Å². The molecular formula is C17H28O2. The second kappa shape index (κ2) is 10.6. The van der Waals surface area contributed by atoms with Crippen LogP contribution in [0.15, 0.2) is 34.9 Å². The number of carboxylic acid groups (broad SMARTS) is 1. The molecule has 1 N–H and O–H groups in total. The maximum absolute atomic E-state index is 10.5. The molecule has 0 aromatic rings. The van der Waals surface area contributed by atoms with Crippen molar-refractivity contribution >= 4 is 5.97 Å². The van der Waals surface area contributed by atoms with Gasteiger partial charge in [-0.3, -0.25) is 0 Å². The lowest BCUT2D eigenvalue weighted by atomic mass is 10.1. The fraction of sp³-hybridized carbons (Fsp3) is 0.588. The zero-order chi connectivity index (χ0) is 14.7. The van der Waals surface area contributed by atoms with E-state index >= 15 is 0 Å². The Bertz CT molecular complexity index is 359. The Balaban J connectivity index is 3.95. The van der Waals surface area contributed by atoms with Crippen molar-refractivity contribution in [3.05, 3.63) is 34.9 Å². The van der Waals surface area contributed by atoms with Gasteiger partial charge in [0, 0.05) is 6.08 Å². The molecule has 0 amide bonds. The Labute approximate surface area is 117 Å². The number of carboxylic acids is 1. The largest absolute Gasteiger partial charge is 0.478 e. The second-order valence-corrected chi connectivity index (χ2v) is 5.26. The van der Waals surface area contributed by atoms with Gasteiger partial charge < -0.3 is 5.11 Å². The summed E-state index contributed by atoms with van der Waals surface area (Å²) in [5.74, 6) is -0.852. The summed E-state index contributed by atoms with van der Waals surface area (Å²) in [6.45, 7) is 8.42. The first-order valence-electron chi connectivity index (χ1n) is 7.17. The van der Waals surface area contributed by atoms with Gasteiger partial charge in [0.05, 0.1) is 0 Å². The Hall–Kier alpha value is -1.31. The summed E-state index contributed by atoms with van der Waals surface area (Å²) in [6.07, 6.45) is 12.2. The van der Waals surface area contributed by atoms with Crippen molar-refractivity contribution in [1.82, 2.24) is 0 Å². The van der Waals surface area contributed by atoms with Gasteiger partial charge in [-0.1, -0.05) is 42.2 Å². The summed E-state index contributed by atoms with van der Waals surface area (Å²) < 4.78 is 0. The second-order valence-electron chi connectivity index (χ2n) is 5.26. The molecule has 0 atom stereocenters. The van der Waals surface area contributed by atoms with E-state index in [0.29, 0.717) is 0 Å². The van der Waals surface area contributed by atoms with Crippen LogP contribution in [0.1, 0.15) is 66.2 Å². The zero-order valence-corrected chi connectivity index (χ0v) is 12.8. The average Bonchev–Trinajstić information content (AvgIpc) is 2.28. The highest BCUT2D eigenvalue weighted by atomic mass is 16.4. The van der Waals surface area contributed by atoms with Crippen LogP contribution >= 0.6 is 0 Å². The molecule has 0 unspecified atom stereocenters. The smallest absolute Gasteiger partial charge is 0.328 e. The summed E-state index contributed by atoms with van der Waals surface area (Å²) in [5.41, 5.74) is 3.80. The first-order chi connectivity index (χ1) is 8.95. The van der Waals surface area contributed by atoms with Crippen LogP contribution in [0.3, 0.4) is 0 Å². The predicted octanol–water partition coefficient (Wildman–Crippen LogP) is 5.27. The molecule has 19 heavy (non-hydrogen) atoms. The molecule has 0 aliphatic carbocycles. The number of hydrogen-bond donors (Lipinski definition) is 1. The fourth-order valence-electron chi connectivity index (χ4n) is 1.97. The van der Waals surface area contributed by atoms with Crippen LogP contribution < -0.4 is 0 Å². The van der Waals surface area contributed by atoms with E-state index in [1.54, 1.807) is 0 Å². The van der Waals surface area contributed by atoms with Crippen LogP contribution in [0.2, 0.25) is 0 Å². The summed E-state index contributed by atoms with van der Waals surface area (Å²) in [7, 11) is 0. The number of aliphatic carboxylic acids is 1. The minimum Gasteiger partial charge on any atom is -0.478 e. The highest BCUT2D eigenvalue weighted by Crippen LogP contribution is 2.12. The molecule has 0 heterocycles. The fourth-order valence-corrected chi connectivity index (χ4v) is 1.97. The van der Waals surface area contributed by atoms with Crippen molar-refractivity contribution in [2.45, 2.75) is 66.2 Å². The topological polar surface area (TPSA) is 37.3 Å². The maximum Gasteiger partial charge on any atom is 0.328 e. The highest BCUT2D eigenvalue weighted by Gasteiger charge is 1.95. The normalized spacial score (nSPS) is 13.8. The quantitative estimate of drug-likeness (QED) is 0.455. The molecule has 2 nitrogen and oxygen atoms in total. The first kappa shape index (κ1) is 17.7. The van der Waals surface area contributed by atoms with Crippen LogP contribution in [0.25, 0.3) is 0 Å². The zero-order valence-electron chi connectivity index (χ0n) is 12.8. The molecule has 0 radical (unpaired) electrons. The summed E-state index contributed by atoms with van der Waals surface area (Å²) in [6, 6.07) is 0. The van der Waals surface area contributed by atoms with Crippen LogP contribution in [0.4, 0.5) is 0 Å². The molecular weight excluding hydrogens is 236 g/mol. The SMILES string of the molecule is CCCC(C)=CCCC(C)=CCCC(C)=CC(=O)O. The maximum atomic E-state index is 10.5. The van der Waals surface area contributed by atoms with Gasteiger partial charge in [-0.15, -0.1) is 0 Å². The van der Waals surface area contributed by atoms with Crippen LogP contribution in [0, 0.1) is 0 Å². The van der Waals surface area contributed by atoms with Crippen molar-refractivity contribution < 1.29 is 9.90 Å². The summed E-state index contributed by atoms with van der Waals surface area (Å²) >= 11 is 0. The van der Waals surface area contributed by atoms with E-state index in [9.17, 15) is 4.79 Å². The van der Waals surface area contributed by atoms with E-state index in [1.807, 2.05) is 6.92 Å². The van der Waals surface area contributed by atoms with Crippen molar-refractivity contribution in [2.75, 3.05) is 0 Å². The minimum atomic E-state index is -0.852. The first-order valence-corrected chi connectivity index (χ1v) is 7.17. The monoisotopic (exact) mass is 264 g/mol. The molecule has 0 bridgehead atoms. The van der Waals surface area contributed by atoms with Crippen molar-refractivity contribution in [1.29, 1.82) is 0 Å². The van der Waals surface area contributed by atoms with E-state index < -0.39 is 5.97 Å². The number of allylic oxidation sites excluding steroid dienone is 5. The van der Waals surface area contributed by atoms with Crippen LogP contribution in [-0.2, 0) is 4.79 Å². The number of hydrogen-bond acceptors (Lipinski definition) is 1. The standard InChI is InChI=1S/C17H28O2/c1-5-8-14(2)9-6-10-15(3)11-7-12-16(4)13-17(18)19/h9,11,13H,5-8,10,12H2,1-4H3,(H,18,19). The van der Waals surface area contributed by atoms with E-state index in [1.165, 1.54) is 30.1 Å². The predicted molar refractivity (Wildman–Crippen MR) is 82.3 cm³/mol. The summed E-state index contributed by atoms with van der Waals surface area (Å²) in [4.78, 5) is 10.5. The number of carbonyl (C=O) groups is 1. The Morgan fingerprint density at radius 3 is 1.84 bits per heavy atom. The molecule has 0 aliphatic rings. The molecule has 0 saturated carbocycles. The molecule has 0 aromatic carbocycles.